The Morgan fingerprint density at radius 2 is 1.77 bits per heavy atom. The summed E-state index contributed by atoms with van der Waals surface area (Å²) in [4.78, 5) is 16.1. The molecule has 0 atom stereocenters. The fraction of sp³-hybridized carbons (Fsp3) is 0.409. The number of amides is 1. The largest absolute Gasteiger partial charge is 0.497 e. The van der Waals surface area contributed by atoms with Crippen molar-refractivity contribution in [3.05, 3.63) is 65.2 Å². The number of carbonyl (C=O) groups excluding carboxylic acids is 1. The number of hydrogen-bond acceptors (Lipinski definition) is 4. The number of ether oxygens (including phenoxy) is 2. The van der Waals surface area contributed by atoms with Crippen LogP contribution in [-0.4, -0.2) is 55.7 Å². The van der Waals surface area contributed by atoms with E-state index in [0.717, 1.165) is 17.4 Å². The molecule has 0 saturated carbocycles. The molecule has 0 N–H and O–H groups in total. The minimum atomic E-state index is -4.44. The van der Waals surface area contributed by atoms with Gasteiger partial charge >= 0.3 is 6.18 Å². The van der Waals surface area contributed by atoms with Crippen LogP contribution in [0.4, 0.5) is 13.2 Å². The second-order valence-electron chi connectivity index (χ2n) is 7.35. The molecule has 162 valence electrons. The average molecular weight is 422 g/mol. The van der Waals surface area contributed by atoms with E-state index in [4.69, 9.17) is 9.47 Å². The molecule has 0 spiro atoms. The van der Waals surface area contributed by atoms with Gasteiger partial charge in [-0.1, -0.05) is 30.3 Å². The molecule has 1 aliphatic rings. The number of halogens is 3. The lowest BCUT2D eigenvalue weighted by molar-refractivity contribution is -0.139. The van der Waals surface area contributed by atoms with E-state index in [1.807, 2.05) is 24.3 Å². The Bertz CT molecular complexity index is 851. The molecule has 5 nitrogen and oxygen atoms in total. The summed E-state index contributed by atoms with van der Waals surface area (Å²) in [7, 11) is 3.27. The normalized spacial score (nSPS) is 14.5. The third-order valence-corrected chi connectivity index (χ3v) is 5.18. The van der Waals surface area contributed by atoms with Crippen LogP contribution in [0.1, 0.15) is 16.7 Å². The molecule has 8 heteroatoms. The quantitative estimate of drug-likeness (QED) is 0.652. The van der Waals surface area contributed by atoms with Gasteiger partial charge < -0.3 is 14.4 Å². The maximum absolute atomic E-state index is 13.4. The average Bonchev–Trinajstić information content (AvgIpc) is 2.66. The summed E-state index contributed by atoms with van der Waals surface area (Å²) in [5.74, 6) is 0.564. The lowest BCUT2D eigenvalue weighted by Gasteiger charge is -2.38. The summed E-state index contributed by atoms with van der Waals surface area (Å²) in [5.41, 5.74) is 0.421. The lowest BCUT2D eigenvalue weighted by Crippen LogP contribution is -2.52. The molecule has 1 amide bonds. The molecule has 1 saturated heterocycles. The number of nitrogens with zero attached hydrogens (tertiary/aromatic N) is 2. The van der Waals surface area contributed by atoms with Crippen molar-refractivity contribution in [2.75, 3.05) is 33.9 Å². The van der Waals surface area contributed by atoms with Gasteiger partial charge in [-0.2, -0.15) is 13.2 Å². The summed E-state index contributed by atoms with van der Waals surface area (Å²) >= 11 is 0. The third-order valence-electron chi connectivity index (χ3n) is 5.18. The van der Waals surface area contributed by atoms with E-state index in [-0.39, 0.29) is 30.6 Å². The zero-order valence-corrected chi connectivity index (χ0v) is 17.0. The summed E-state index contributed by atoms with van der Waals surface area (Å²) in [6.07, 6.45) is -4.44. The molecule has 2 aromatic rings. The fourth-order valence-electron chi connectivity index (χ4n) is 3.29. The molecule has 0 aliphatic carbocycles. The predicted octanol–water partition coefficient (Wildman–Crippen LogP) is 3.57. The smallest absolute Gasteiger partial charge is 0.416 e. The Balaban J connectivity index is 1.68. The summed E-state index contributed by atoms with van der Waals surface area (Å²) in [5, 5.41) is 0. The predicted molar refractivity (Wildman–Crippen MR) is 106 cm³/mol. The number of methoxy groups -OCH3 is 1. The van der Waals surface area contributed by atoms with Gasteiger partial charge in [0.15, 0.2) is 0 Å². The van der Waals surface area contributed by atoms with Gasteiger partial charge in [-0.25, -0.2) is 0 Å². The van der Waals surface area contributed by atoms with Crippen molar-refractivity contribution < 1.29 is 27.4 Å². The van der Waals surface area contributed by atoms with E-state index in [1.165, 1.54) is 12.1 Å². The van der Waals surface area contributed by atoms with Crippen LogP contribution < -0.4 is 4.74 Å². The number of hydrogen-bond donors (Lipinski definition) is 0. The molecular weight excluding hydrogens is 397 g/mol. The molecule has 1 aliphatic heterocycles. The monoisotopic (exact) mass is 422 g/mol. The van der Waals surface area contributed by atoms with Gasteiger partial charge in [0.1, 0.15) is 5.75 Å². The summed E-state index contributed by atoms with van der Waals surface area (Å²) in [6.45, 7) is 1.27. The summed E-state index contributed by atoms with van der Waals surface area (Å²) in [6, 6.07) is 12.8. The Kier molecular flexibility index (Phi) is 6.99. The van der Waals surface area contributed by atoms with Crippen LogP contribution >= 0.6 is 0 Å². The maximum atomic E-state index is 13.4. The minimum absolute atomic E-state index is 0.0207. The molecule has 2 aromatic carbocycles. The highest BCUT2D eigenvalue weighted by atomic mass is 19.4. The van der Waals surface area contributed by atoms with Crippen molar-refractivity contribution in [1.29, 1.82) is 0 Å². The number of rotatable bonds is 8. The zero-order chi connectivity index (χ0) is 21.7. The summed E-state index contributed by atoms with van der Waals surface area (Å²) < 4.78 is 50.4. The Labute approximate surface area is 174 Å². The van der Waals surface area contributed by atoms with E-state index in [1.54, 1.807) is 30.0 Å². The SMILES string of the molecule is COc1ccc(CN(C)C(=O)CN(Cc2ccccc2C(F)(F)F)C2COC2)cc1. The van der Waals surface area contributed by atoms with Crippen LogP contribution in [0.5, 0.6) is 5.75 Å². The van der Waals surface area contributed by atoms with Crippen molar-refractivity contribution in [2.24, 2.45) is 0 Å². The van der Waals surface area contributed by atoms with Crippen LogP contribution in [0.25, 0.3) is 0 Å². The third kappa shape index (κ3) is 5.52. The molecular formula is C22H25F3N2O3. The van der Waals surface area contributed by atoms with Gasteiger partial charge in [-0.05, 0) is 29.3 Å². The molecule has 0 radical (unpaired) electrons. The molecule has 1 fully saturated rings. The number of benzene rings is 2. The molecule has 30 heavy (non-hydrogen) atoms. The Morgan fingerprint density at radius 1 is 1.10 bits per heavy atom. The molecule has 3 rings (SSSR count). The van der Waals surface area contributed by atoms with Crippen molar-refractivity contribution in [3.63, 3.8) is 0 Å². The van der Waals surface area contributed by atoms with Gasteiger partial charge in [0.2, 0.25) is 5.91 Å². The van der Waals surface area contributed by atoms with Gasteiger partial charge in [-0.15, -0.1) is 0 Å². The van der Waals surface area contributed by atoms with E-state index >= 15 is 0 Å². The minimum Gasteiger partial charge on any atom is -0.497 e. The van der Waals surface area contributed by atoms with E-state index < -0.39 is 11.7 Å². The van der Waals surface area contributed by atoms with Crippen LogP contribution in [0.15, 0.2) is 48.5 Å². The van der Waals surface area contributed by atoms with Gasteiger partial charge in [-0.3, -0.25) is 9.69 Å². The molecule has 0 aromatic heterocycles. The Morgan fingerprint density at radius 3 is 2.33 bits per heavy atom. The Hall–Kier alpha value is -2.58. The van der Waals surface area contributed by atoms with Crippen LogP contribution in [0.2, 0.25) is 0 Å². The highest BCUT2D eigenvalue weighted by Gasteiger charge is 2.35. The van der Waals surface area contributed by atoms with Gasteiger partial charge in [0, 0.05) is 20.1 Å². The topological polar surface area (TPSA) is 42.0 Å². The number of alkyl halides is 3. The molecule has 0 bridgehead atoms. The standard InChI is InChI=1S/C22H25F3N2O3/c1-26(11-16-7-9-19(29-2)10-8-16)21(28)13-27(18-14-30-15-18)12-17-5-3-4-6-20(17)22(23,24)25/h3-10,18H,11-15H2,1-2H3. The van der Waals surface area contributed by atoms with Crippen molar-refractivity contribution in [2.45, 2.75) is 25.3 Å². The first-order chi connectivity index (χ1) is 14.3. The second-order valence-corrected chi connectivity index (χ2v) is 7.35. The fourth-order valence-corrected chi connectivity index (χ4v) is 3.29. The van der Waals surface area contributed by atoms with Crippen LogP contribution in [0, 0.1) is 0 Å². The van der Waals surface area contributed by atoms with Gasteiger partial charge in [0.05, 0.1) is 38.5 Å². The lowest BCUT2D eigenvalue weighted by atomic mass is 10.0. The van der Waals surface area contributed by atoms with Crippen LogP contribution in [0.3, 0.4) is 0 Å². The van der Waals surface area contributed by atoms with Crippen molar-refractivity contribution in [1.82, 2.24) is 9.80 Å². The van der Waals surface area contributed by atoms with E-state index in [9.17, 15) is 18.0 Å². The van der Waals surface area contributed by atoms with Crippen LogP contribution in [-0.2, 0) is 28.8 Å². The van der Waals surface area contributed by atoms with Crippen molar-refractivity contribution in [3.8, 4) is 5.75 Å². The first-order valence-electron chi connectivity index (χ1n) is 9.61. The second kappa shape index (κ2) is 9.49. The maximum Gasteiger partial charge on any atom is 0.416 e. The van der Waals surface area contributed by atoms with Gasteiger partial charge in [0.25, 0.3) is 0 Å². The van der Waals surface area contributed by atoms with E-state index in [2.05, 4.69) is 0 Å². The first kappa shape index (κ1) is 22.1. The number of carbonyl (C=O) groups is 1. The first-order valence-corrected chi connectivity index (χ1v) is 9.61. The molecule has 1 heterocycles. The molecule has 0 unspecified atom stereocenters. The van der Waals surface area contributed by atoms with Crippen molar-refractivity contribution >= 4 is 5.91 Å². The number of likely N-dealkylation sites (N-methyl/N-ethyl adjacent to an activating group) is 1. The highest BCUT2D eigenvalue weighted by molar-refractivity contribution is 5.78. The highest BCUT2D eigenvalue weighted by Crippen LogP contribution is 2.33. The van der Waals surface area contributed by atoms with E-state index in [0.29, 0.717) is 19.8 Å². The zero-order valence-electron chi connectivity index (χ0n) is 17.0.